The summed E-state index contributed by atoms with van der Waals surface area (Å²) in [5, 5.41) is 8.29. The minimum absolute atomic E-state index is 0. The number of hydrogen-bond acceptors (Lipinski definition) is 3. The van der Waals surface area contributed by atoms with Crippen molar-refractivity contribution in [1.82, 2.24) is 9.97 Å². The van der Waals surface area contributed by atoms with Crippen LogP contribution in [0.3, 0.4) is 0 Å². The molecule has 131 valence electrons. The molecule has 4 nitrogen and oxygen atoms in total. The van der Waals surface area contributed by atoms with E-state index < -0.39 is 23.4 Å². The maximum atomic E-state index is 13.3. The Bertz CT molecular complexity index is 834. The zero-order valence-corrected chi connectivity index (χ0v) is 14.7. The number of pyridine rings is 2. The molecule has 0 bridgehead atoms. The van der Waals surface area contributed by atoms with Gasteiger partial charge < -0.3 is 14.9 Å². The van der Waals surface area contributed by atoms with E-state index in [1.807, 2.05) is 0 Å². The molecule has 1 N–H and O–H groups in total. The molecule has 0 aliphatic carbocycles. The van der Waals surface area contributed by atoms with E-state index in [2.05, 4.69) is 22.1 Å². The number of rotatable bonds is 2. The van der Waals surface area contributed by atoms with Crippen LogP contribution in [0.1, 0.15) is 10.5 Å². The van der Waals surface area contributed by atoms with Crippen LogP contribution in [-0.4, -0.2) is 21.0 Å². The fourth-order valence-corrected chi connectivity index (χ4v) is 1.62. The van der Waals surface area contributed by atoms with Gasteiger partial charge in [0.1, 0.15) is 5.82 Å². The molecule has 0 fully saturated rings. The molecular weight excluding hydrogens is 513 g/mol. The molecule has 2 heterocycles. The van der Waals surface area contributed by atoms with E-state index in [0.717, 1.165) is 6.07 Å². The molecule has 2 aromatic heterocycles. The van der Waals surface area contributed by atoms with Crippen LogP contribution >= 0.6 is 0 Å². The molecule has 0 spiro atoms. The van der Waals surface area contributed by atoms with Crippen LogP contribution in [-0.2, 0) is 20.1 Å². The summed E-state index contributed by atoms with van der Waals surface area (Å²) in [6, 6.07) is 13.4. The topological polar surface area (TPSA) is 63.1 Å². The van der Waals surface area contributed by atoms with Gasteiger partial charge in [0, 0.05) is 32.0 Å². The van der Waals surface area contributed by atoms with Crippen LogP contribution in [0.4, 0.5) is 13.2 Å². The first-order chi connectivity index (χ1) is 11.5. The van der Waals surface area contributed by atoms with Gasteiger partial charge in [-0.1, -0.05) is 17.7 Å². The number of carboxylic acid groups (broad SMARTS) is 1. The molecule has 0 aliphatic rings. The molecular formula is C17H9F3IrN2O2-2. The van der Waals surface area contributed by atoms with E-state index in [0.29, 0.717) is 0 Å². The molecule has 0 amide bonds. The first-order valence-electron chi connectivity index (χ1n) is 6.53. The third kappa shape index (κ3) is 5.48. The Balaban J connectivity index is 0.000000270. The number of halogens is 3. The minimum atomic E-state index is -1.51. The molecule has 1 radical (unpaired) electrons. The second kappa shape index (κ2) is 9.66. The molecule has 0 atom stereocenters. The number of nitrogens with zero attached hydrogens (tertiary/aromatic N) is 2. The van der Waals surface area contributed by atoms with Crippen molar-refractivity contribution < 1.29 is 43.2 Å². The number of benzene rings is 1. The number of aromatic carboxylic acids is 1. The monoisotopic (exact) mass is 523 g/mol. The van der Waals surface area contributed by atoms with Gasteiger partial charge >= 0.3 is 0 Å². The molecule has 25 heavy (non-hydrogen) atoms. The molecule has 1 aromatic carbocycles. The summed E-state index contributed by atoms with van der Waals surface area (Å²) >= 11 is 0. The van der Waals surface area contributed by atoms with Crippen LogP contribution in [0.2, 0.25) is 0 Å². The fraction of sp³-hybridized carbons (Fsp3) is 0. The molecule has 8 heteroatoms. The van der Waals surface area contributed by atoms with Crippen LogP contribution in [0.15, 0.2) is 48.8 Å². The maximum Gasteiger partial charge on any atom is 0.247 e. The molecule has 0 unspecified atom stereocenters. The number of aromatic nitrogens is 2. The third-order valence-electron chi connectivity index (χ3n) is 2.69. The van der Waals surface area contributed by atoms with Gasteiger partial charge in [-0.15, -0.1) is 24.3 Å². The summed E-state index contributed by atoms with van der Waals surface area (Å²) in [6.45, 7) is 0. The van der Waals surface area contributed by atoms with E-state index in [1.54, 1.807) is 18.2 Å². The Morgan fingerprint density at radius 1 is 1.00 bits per heavy atom. The summed E-state index contributed by atoms with van der Waals surface area (Å²) in [7, 11) is 0. The van der Waals surface area contributed by atoms with Crippen molar-refractivity contribution in [2.75, 3.05) is 0 Å². The quantitative estimate of drug-likeness (QED) is 0.413. The largest absolute Gasteiger partial charge is 0.533 e. The summed E-state index contributed by atoms with van der Waals surface area (Å²) in [4.78, 5) is 17.5. The summed E-state index contributed by atoms with van der Waals surface area (Å²) < 4.78 is 38.7. The van der Waals surface area contributed by atoms with Gasteiger partial charge in [-0.3, -0.25) is 13.8 Å². The Hall–Kier alpha value is -2.57. The van der Waals surface area contributed by atoms with E-state index >= 15 is 0 Å². The predicted molar refractivity (Wildman–Crippen MR) is 78.4 cm³/mol. The van der Waals surface area contributed by atoms with Crippen molar-refractivity contribution in [3.05, 3.63) is 84.1 Å². The first-order valence-corrected chi connectivity index (χ1v) is 6.53. The van der Waals surface area contributed by atoms with E-state index in [-0.39, 0.29) is 37.1 Å². The summed E-state index contributed by atoms with van der Waals surface area (Å²) in [5.74, 6) is -5.08. The minimum Gasteiger partial charge on any atom is -0.533 e. The van der Waals surface area contributed by atoms with Gasteiger partial charge in [-0.25, -0.2) is 4.39 Å². The Kier molecular flexibility index (Phi) is 7.91. The third-order valence-corrected chi connectivity index (χ3v) is 2.69. The Labute approximate surface area is 154 Å². The van der Waals surface area contributed by atoms with Gasteiger partial charge in [0.05, 0.1) is 11.6 Å². The van der Waals surface area contributed by atoms with Crippen LogP contribution in [0, 0.1) is 29.6 Å². The van der Waals surface area contributed by atoms with Crippen LogP contribution in [0.5, 0.6) is 0 Å². The maximum absolute atomic E-state index is 13.3. The Morgan fingerprint density at radius 2 is 1.72 bits per heavy atom. The zero-order chi connectivity index (χ0) is 17.5. The van der Waals surface area contributed by atoms with Gasteiger partial charge in [-0.2, -0.15) is 6.07 Å². The number of carboxylic acids is 1. The van der Waals surface area contributed by atoms with E-state index in [9.17, 15) is 18.0 Å². The normalized spacial score (nSPS) is 9.40. The SMILES string of the molecule is Fc1c[c-]c(-c2ccccn2)c(F)c1F.O=C(O)c1[c-]cccn1.[Ir]. The van der Waals surface area contributed by atoms with Crippen molar-refractivity contribution >= 4 is 5.97 Å². The predicted octanol–water partition coefficient (Wildman–Crippen LogP) is 3.54. The standard InChI is InChI=1S/C11H5F3N.C6H4NO2.Ir/c12-8-5-4-7(10(13)11(8)14)9-3-1-2-6-15-9;8-6(9)5-3-1-2-4-7-5;/h1-3,5-6H;1-2,4H,(H,8,9);/q2*-1;. The number of hydrogen-bond donors (Lipinski definition) is 1. The molecule has 0 saturated carbocycles. The van der Waals surface area contributed by atoms with Crippen molar-refractivity contribution in [2.24, 2.45) is 0 Å². The van der Waals surface area contributed by atoms with Crippen molar-refractivity contribution in [3.63, 3.8) is 0 Å². The molecule has 0 aliphatic heterocycles. The molecule has 3 rings (SSSR count). The van der Waals surface area contributed by atoms with Gasteiger partial charge in [0.2, 0.25) is 5.97 Å². The second-order valence-electron chi connectivity index (χ2n) is 4.29. The summed E-state index contributed by atoms with van der Waals surface area (Å²) in [5.41, 5.74) is 0.000833. The van der Waals surface area contributed by atoms with E-state index in [4.69, 9.17) is 5.11 Å². The second-order valence-corrected chi connectivity index (χ2v) is 4.29. The van der Waals surface area contributed by atoms with Gasteiger partial charge in [0.25, 0.3) is 0 Å². The summed E-state index contributed by atoms with van der Waals surface area (Å²) in [6.07, 6.45) is 2.85. The van der Waals surface area contributed by atoms with E-state index in [1.165, 1.54) is 24.5 Å². The number of carbonyl (C=O) groups is 1. The fourth-order valence-electron chi connectivity index (χ4n) is 1.62. The molecule has 3 aromatic rings. The van der Waals surface area contributed by atoms with Crippen molar-refractivity contribution in [2.45, 2.75) is 0 Å². The Morgan fingerprint density at radius 3 is 2.24 bits per heavy atom. The van der Waals surface area contributed by atoms with Crippen LogP contribution in [0.25, 0.3) is 11.3 Å². The average molecular weight is 522 g/mol. The smallest absolute Gasteiger partial charge is 0.247 e. The van der Waals surface area contributed by atoms with Gasteiger partial charge in [0.15, 0.2) is 0 Å². The van der Waals surface area contributed by atoms with Crippen LogP contribution < -0.4 is 0 Å². The zero-order valence-electron chi connectivity index (χ0n) is 12.3. The molecule has 0 saturated heterocycles. The van der Waals surface area contributed by atoms with Crippen molar-refractivity contribution in [3.8, 4) is 11.3 Å². The average Bonchev–Trinajstić information content (AvgIpc) is 2.62. The first kappa shape index (κ1) is 20.5. The van der Waals surface area contributed by atoms with Crippen molar-refractivity contribution in [1.29, 1.82) is 0 Å². The van der Waals surface area contributed by atoms with Gasteiger partial charge in [-0.05, 0) is 18.0 Å².